The van der Waals surface area contributed by atoms with E-state index in [1.165, 1.54) is 0 Å². The Kier molecular flexibility index (Phi) is 7.99. The maximum atomic E-state index is 12.5. The lowest BCUT2D eigenvalue weighted by Crippen LogP contribution is -2.41. The topological polar surface area (TPSA) is 146 Å². The summed E-state index contributed by atoms with van der Waals surface area (Å²) in [5.74, 6) is 0.670. The summed E-state index contributed by atoms with van der Waals surface area (Å²) >= 11 is 0. The quantitative estimate of drug-likeness (QED) is 0.255. The van der Waals surface area contributed by atoms with Crippen LogP contribution in [-0.2, 0) is 4.74 Å². The third-order valence-corrected chi connectivity index (χ3v) is 6.62. The number of H-pyrrole nitrogens is 1. The Bertz CT molecular complexity index is 1330. The third kappa shape index (κ3) is 6.51. The molecule has 202 valence electrons. The molecule has 3 heterocycles. The van der Waals surface area contributed by atoms with E-state index in [0.717, 1.165) is 5.69 Å². The van der Waals surface area contributed by atoms with E-state index in [9.17, 15) is 14.7 Å². The number of aliphatic imine (C=N–C) groups is 1. The molecule has 11 heteroatoms. The smallest absolute Gasteiger partial charge is 0.323 e. The average Bonchev–Trinajstić information content (AvgIpc) is 3.65. The molecular weight excluding hydrogens is 498 g/mol. The molecule has 2 aliphatic heterocycles. The number of morpholine rings is 1. The second kappa shape index (κ2) is 11.9. The largest absolute Gasteiger partial charge is 0.391 e. The molecule has 39 heavy (non-hydrogen) atoms. The number of carbonyl (C=O) groups is 2. The lowest BCUT2D eigenvalue weighted by atomic mass is 10.2. The number of nitrogens with zero attached hydrogens (tertiary/aromatic N) is 3. The van der Waals surface area contributed by atoms with Gasteiger partial charge in [-0.25, -0.2) is 9.79 Å². The van der Waals surface area contributed by atoms with Crippen LogP contribution in [0, 0.1) is 5.41 Å². The summed E-state index contributed by atoms with van der Waals surface area (Å²) in [5.41, 5.74) is 3.06. The molecule has 1 atom stereocenters. The van der Waals surface area contributed by atoms with Crippen molar-refractivity contribution >= 4 is 35.0 Å². The number of aliphatic hydroxyl groups excluding tert-OH is 1. The highest BCUT2D eigenvalue weighted by Crippen LogP contribution is 2.17. The number of β-amino-alcohol motifs (C(OH)–C–C–N with tert-alkyl or cyclic N) is 1. The minimum Gasteiger partial charge on any atom is -0.391 e. The summed E-state index contributed by atoms with van der Waals surface area (Å²) in [4.78, 5) is 36.5. The molecule has 3 amide bonds. The van der Waals surface area contributed by atoms with Gasteiger partial charge in [-0.1, -0.05) is 0 Å². The number of likely N-dealkylation sites (tertiary alicyclic amines) is 1. The summed E-state index contributed by atoms with van der Waals surface area (Å²) in [7, 11) is 0. The molecule has 0 radical (unpaired) electrons. The number of aliphatic hydroxyl groups is 1. The number of nitrogens with one attached hydrogen (secondary N) is 4. The van der Waals surface area contributed by atoms with Crippen LogP contribution < -0.4 is 10.6 Å². The standard InChI is InChI=1S/C28H31N7O4/c29-25(33-26(24-2-1-12-30-24)34-14-16-39-17-15-34)19-3-7-21(8-4-19)31-28(38)32-22-9-5-20(6-10-22)27(37)35-13-11-23(36)18-35/h1-10,12,23,29-30,36H,11,13-18H2,(H2,31,32,38)/t23-/m0/s1. The summed E-state index contributed by atoms with van der Waals surface area (Å²) in [6, 6.07) is 16.9. The lowest BCUT2D eigenvalue weighted by Gasteiger charge is -2.29. The van der Waals surface area contributed by atoms with Crippen molar-refractivity contribution in [1.29, 1.82) is 5.41 Å². The molecule has 0 bridgehead atoms. The Morgan fingerprint density at radius 1 is 0.923 bits per heavy atom. The Balaban J connectivity index is 1.18. The number of amides is 3. The van der Waals surface area contributed by atoms with Crippen LogP contribution in [0.3, 0.4) is 0 Å². The second-order valence-electron chi connectivity index (χ2n) is 9.39. The number of aromatic amines is 1. The molecular formula is C28H31N7O4. The molecule has 0 unspecified atom stereocenters. The van der Waals surface area contributed by atoms with Gasteiger partial charge >= 0.3 is 6.03 Å². The number of amidine groups is 2. The first-order valence-electron chi connectivity index (χ1n) is 12.9. The van der Waals surface area contributed by atoms with Gasteiger partial charge in [-0.15, -0.1) is 0 Å². The van der Waals surface area contributed by atoms with Gasteiger partial charge in [-0.3, -0.25) is 10.2 Å². The van der Waals surface area contributed by atoms with Crippen LogP contribution in [0.1, 0.15) is 28.0 Å². The number of anilines is 2. The summed E-state index contributed by atoms with van der Waals surface area (Å²) < 4.78 is 5.45. The van der Waals surface area contributed by atoms with Crippen LogP contribution in [-0.4, -0.2) is 89.0 Å². The zero-order valence-corrected chi connectivity index (χ0v) is 21.4. The van der Waals surface area contributed by atoms with Crippen molar-refractivity contribution in [3.05, 3.63) is 83.7 Å². The first-order valence-corrected chi connectivity index (χ1v) is 12.9. The predicted octanol–water partition coefficient (Wildman–Crippen LogP) is 2.97. The van der Waals surface area contributed by atoms with E-state index < -0.39 is 12.1 Å². The van der Waals surface area contributed by atoms with Gasteiger partial charge in [0.25, 0.3) is 5.91 Å². The molecule has 5 rings (SSSR count). The van der Waals surface area contributed by atoms with Crippen molar-refractivity contribution in [3.8, 4) is 0 Å². The molecule has 11 nitrogen and oxygen atoms in total. The fourth-order valence-corrected chi connectivity index (χ4v) is 4.53. The highest BCUT2D eigenvalue weighted by molar-refractivity contribution is 6.10. The molecule has 2 aromatic carbocycles. The number of benzene rings is 2. The van der Waals surface area contributed by atoms with E-state index in [-0.39, 0.29) is 11.7 Å². The number of rotatable bonds is 5. The van der Waals surface area contributed by atoms with E-state index in [1.807, 2.05) is 18.3 Å². The van der Waals surface area contributed by atoms with Gasteiger partial charge in [0.2, 0.25) is 0 Å². The van der Waals surface area contributed by atoms with Crippen LogP contribution in [0.15, 0.2) is 71.9 Å². The van der Waals surface area contributed by atoms with E-state index >= 15 is 0 Å². The zero-order valence-electron chi connectivity index (χ0n) is 21.4. The maximum absolute atomic E-state index is 12.5. The molecule has 2 aliphatic rings. The van der Waals surface area contributed by atoms with Crippen LogP contribution in [0.2, 0.25) is 0 Å². The summed E-state index contributed by atoms with van der Waals surface area (Å²) in [6.45, 7) is 3.50. The Morgan fingerprint density at radius 3 is 2.13 bits per heavy atom. The molecule has 2 fully saturated rings. The number of ether oxygens (including phenoxy) is 1. The fraction of sp³-hybridized carbons (Fsp3) is 0.286. The van der Waals surface area contributed by atoms with Crippen LogP contribution in [0.4, 0.5) is 16.2 Å². The monoisotopic (exact) mass is 529 g/mol. The van der Waals surface area contributed by atoms with E-state index in [4.69, 9.17) is 10.1 Å². The SMILES string of the molecule is N=C(N=C(c1ccc[nH]1)N1CCOCC1)c1ccc(NC(=O)Nc2ccc(C(=O)N3CC[C@H](O)C3)cc2)cc1. The minimum absolute atomic E-state index is 0.111. The van der Waals surface area contributed by atoms with Gasteiger partial charge < -0.3 is 35.3 Å². The van der Waals surface area contributed by atoms with Gasteiger partial charge in [0.05, 0.1) is 25.0 Å². The third-order valence-electron chi connectivity index (χ3n) is 6.62. The Morgan fingerprint density at radius 2 is 1.56 bits per heavy atom. The normalized spacial score (nSPS) is 17.7. The van der Waals surface area contributed by atoms with Crippen molar-refractivity contribution in [2.24, 2.45) is 4.99 Å². The number of urea groups is 1. The molecule has 0 saturated carbocycles. The van der Waals surface area contributed by atoms with Crippen molar-refractivity contribution in [1.82, 2.24) is 14.8 Å². The van der Waals surface area contributed by atoms with Crippen LogP contribution >= 0.6 is 0 Å². The molecule has 0 aliphatic carbocycles. The van der Waals surface area contributed by atoms with Crippen LogP contribution in [0.25, 0.3) is 0 Å². The van der Waals surface area contributed by atoms with Crippen molar-refractivity contribution in [2.75, 3.05) is 50.0 Å². The Labute approximate surface area is 226 Å². The van der Waals surface area contributed by atoms with E-state index in [1.54, 1.807) is 53.4 Å². The van der Waals surface area contributed by atoms with Crippen LogP contribution in [0.5, 0.6) is 0 Å². The van der Waals surface area contributed by atoms with E-state index in [2.05, 4.69) is 25.5 Å². The first kappa shape index (κ1) is 26.1. The minimum atomic E-state index is -0.469. The van der Waals surface area contributed by atoms with Gasteiger partial charge in [0.1, 0.15) is 0 Å². The molecule has 1 aromatic heterocycles. The van der Waals surface area contributed by atoms with Crippen molar-refractivity contribution in [3.63, 3.8) is 0 Å². The maximum Gasteiger partial charge on any atom is 0.323 e. The molecule has 3 aromatic rings. The first-order chi connectivity index (χ1) is 19.0. The average molecular weight is 530 g/mol. The summed E-state index contributed by atoms with van der Waals surface area (Å²) in [5, 5.41) is 23.7. The van der Waals surface area contributed by atoms with Gasteiger partial charge in [0, 0.05) is 54.9 Å². The predicted molar refractivity (Wildman–Crippen MR) is 149 cm³/mol. The molecule has 0 spiro atoms. The van der Waals surface area contributed by atoms with Crippen molar-refractivity contribution < 1.29 is 19.4 Å². The summed E-state index contributed by atoms with van der Waals surface area (Å²) in [6.07, 6.45) is 1.95. The highest BCUT2D eigenvalue weighted by atomic mass is 16.5. The fourth-order valence-electron chi connectivity index (χ4n) is 4.53. The van der Waals surface area contributed by atoms with E-state index in [0.29, 0.717) is 74.2 Å². The van der Waals surface area contributed by atoms with Crippen molar-refractivity contribution in [2.45, 2.75) is 12.5 Å². The second-order valence-corrected chi connectivity index (χ2v) is 9.39. The zero-order chi connectivity index (χ0) is 27.2. The number of aromatic nitrogens is 1. The number of hydrogen-bond donors (Lipinski definition) is 5. The van der Waals surface area contributed by atoms with Gasteiger partial charge in [0.15, 0.2) is 11.7 Å². The number of carbonyl (C=O) groups excluding carboxylic acids is 2. The molecule has 2 saturated heterocycles. The lowest BCUT2D eigenvalue weighted by molar-refractivity contribution is 0.0682. The van der Waals surface area contributed by atoms with Gasteiger partial charge in [-0.05, 0) is 67.1 Å². The van der Waals surface area contributed by atoms with Gasteiger partial charge in [-0.2, -0.15) is 0 Å². The number of hydrogen-bond acceptors (Lipinski definition) is 5. The molecule has 5 N–H and O–H groups in total. The Hall–Kier alpha value is -4.48. The highest BCUT2D eigenvalue weighted by Gasteiger charge is 2.25.